The van der Waals surface area contributed by atoms with Gasteiger partial charge in [-0.25, -0.2) is 5.90 Å². The normalized spacial score (nSPS) is 7.75. The highest BCUT2D eigenvalue weighted by Gasteiger charge is 1.73. The summed E-state index contributed by atoms with van der Waals surface area (Å²) in [5.74, 6) is 10.5. The summed E-state index contributed by atoms with van der Waals surface area (Å²) in [5.41, 5.74) is 0. The molecular weight excluding hydrogens is 102 g/mol. The van der Waals surface area contributed by atoms with Crippen LogP contribution in [0.4, 0.5) is 0 Å². The molecule has 0 rings (SSSR count). The van der Waals surface area contributed by atoms with E-state index in [-0.39, 0.29) is 0 Å². The minimum absolute atomic E-state index is 0.535. The lowest BCUT2D eigenvalue weighted by atomic mass is 10.4. The zero-order valence-corrected chi connectivity index (χ0v) is 5.11. The van der Waals surface area contributed by atoms with E-state index in [1.807, 2.05) is 6.92 Å². The maximum Gasteiger partial charge on any atom is 0.0788 e. The van der Waals surface area contributed by atoms with Gasteiger partial charge < -0.3 is 4.84 Å². The fourth-order valence-corrected chi connectivity index (χ4v) is 0.323. The van der Waals surface area contributed by atoms with Gasteiger partial charge in [-0.2, -0.15) is 0 Å². The molecule has 0 saturated carbocycles. The molecule has 0 heterocycles. The molecule has 0 spiro atoms. The van der Waals surface area contributed by atoms with Crippen molar-refractivity contribution in [1.29, 1.82) is 0 Å². The van der Waals surface area contributed by atoms with Crippen molar-refractivity contribution in [3.63, 3.8) is 0 Å². The summed E-state index contributed by atoms with van der Waals surface area (Å²) in [6.07, 6.45) is 1.65. The average Bonchev–Trinajstić information content (AvgIpc) is 1.81. The first-order chi connectivity index (χ1) is 3.91. The van der Waals surface area contributed by atoms with E-state index in [9.17, 15) is 0 Å². The smallest absolute Gasteiger partial charge is 0.0788 e. The van der Waals surface area contributed by atoms with E-state index >= 15 is 0 Å². The van der Waals surface area contributed by atoms with E-state index in [1.165, 1.54) is 0 Å². The second kappa shape index (κ2) is 6.48. The molecule has 46 valence electrons. The van der Waals surface area contributed by atoms with Crippen molar-refractivity contribution < 1.29 is 4.84 Å². The molecule has 0 radical (unpaired) electrons. The van der Waals surface area contributed by atoms with E-state index in [4.69, 9.17) is 5.90 Å². The molecule has 0 aromatic heterocycles. The fourth-order valence-electron chi connectivity index (χ4n) is 0.323. The number of hydrogen-bond donors (Lipinski definition) is 1. The monoisotopic (exact) mass is 113 g/mol. The van der Waals surface area contributed by atoms with E-state index in [1.54, 1.807) is 0 Å². The van der Waals surface area contributed by atoms with Gasteiger partial charge in [-0.3, -0.25) is 0 Å². The van der Waals surface area contributed by atoms with Crippen LogP contribution in [0.2, 0.25) is 0 Å². The standard InChI is InChI=1S/C6H11NO/c1-2-3-4-5-6-8-7/h2,5-7H2,1H3. The minimum Gasteiger partial charge on any atom is -0.304 e. The molecule has 0 saturated heterocycles. The van der Waals surface area contributed by atoms with Crippen LogP contribution < -0.4 is 5.90 Å². The summed E-state index contributed by atoms with van der Waals surface area (Å²) in [6.45, 7) is 2.54. The Morgan fingerprint density at radius 2 is 2.25 bits per heavy atom. The molecular formula is C6H11NO. The van der Waals surface area contributed by atoms with Crippen LogP contribution in [0.5, 0.6) is 0 Å². The van der Waals surface area contributed by atoms with Gasteiger partial charge in [0.1, 0.15) is 0 Å². The Hall–Kier alpha value is -0.520. The maximum atomic E-state index is 4.74. The molecule has 0 aliphatic rings. The first-order valence-electron chi connectivity index (χ1n) is 2.69. The Morgan fingerprint density at radius 1 is 1.50 bits per heavy atom. The zero-order chi connectivity index (χ0) is 6.24. The molecule has 8 heavy (non-hydrogen) atoms. The van der Waals surface area contributed by atoms with Gasteiger partial charge in [0.15, 0.2) is 0 Å². The van der Waals surface area contributed by atoms with Crippen LogP contribution >= 0.6 is 0 Å². The summed E-state index contributed by atoms with van der Waals surface area (Å²) < 4.78 is 0. The Morgan fingerprint density at radius 3 is 2.75 bits per heavy atom. The van der Waals surface area contributed by atoms with E-state index in [0.29, 0.717) is 6.61 Å². The lowest BCUT2D eigenvalue weighted by molar-refractivity contribution is 0.144. The van der Waals surface area contributed by atoms with Gasteiger partial charge in [0.2, 0.25) is 0 Å². The van der Waals surface area contributed by atoms with Gasteiger partial charge in [-0.15, -0.1) is 11.8 Å². The van der Waals surface area contributed by atoms with Gasteiger partial charge in [-0.1, -0.05) is 6.92 Å². The Balaban J connectivity index is 2.90. The lowest BCUT2D eigenvalue weighted by Gasteiger charge is -1.85. The summed E-state index contributed by atoms with van der Waals surface area (Å²) in [7, 11) is 0. The van der Waals surface area contributed by atoms with Gasteiger partial charge in [0.05, 0.1) is 6.61 Å². The Labute approximate surface area is 50.0 Å². The van der Waals surface area contributed by atoms with Crippen molar-refractivity contribution in [1.82, 2.24) is 0 Å². The minimum atomic E-state index is 0.535. The SMILES string of the molecule is CCC#CCCON. The predicted molar refractivity (Wildman–Crippen MR) is 32.8 cm³/mol. The van der Waals surface area contributed by atoms with E-state index in [0.717, 1.165) is 12.8 Å². The quantitative estimate of drug-likeness (QED) is 0.324. The molecule has 2 nitrogen and oxygen atoms in total. The van der Waals surface area contributed by atoms with Gasteiger partial charge in [0.25, 0.3) is 0 Å². The highest BCUT2D eigenvalue weighted by Crippen LogP contribution is 1.74. The molecule has 0 atom stereocenters. The zero-order valence-electron chi connectivity index (χ0n) is 5.11. The summed E-state index contributed by atoms with van der Waals surface area (Å²) in [5, 5.41) is 0. The van der Waals surface area contributed by atoms with Crippen molar-refractivity contribution in [2.75, 3.05) is 6.61 Å². The van der Waals surface area contributed by atoms with Gasteiger partial charge in [0, 0.05) is 12.8 Å². The predicted octanol–water partition coefficient (Wildman–Crippen LogP) is 0.680. The highest BCUT2D eigenvalue weighted by atomic mass is 16.6. The largest absolute Gasteiger partial charge is 0.304 e. The molecule has 0 amide bonds. The van der Waals surface area contributed by atoms with Crippen LogP contribution in [0.15, 0.2) is 0 Å². The summed E-state index contributed by atoms with van der Waals surface area (Å²) >= 11 is 0. The first kappa shape index (κ1) is 7.48. The third-order valence-electron chi connectivity index (χ3n) is 0.647. The number of nitrogens with two attached hydrogens (primary N) is 1. The Bertz CT molecular complexity index is 90.4. The van der Waals surface area contributed by atoms with E-state index < -0.39 is 0 Å². The topological polar surface area (TPSA) is 35.2 Å². The second-order valence-corrected chi connectivity index (χ2v) is 1.33. The molecule has 0 aromatic rings. The lowest BCUT2D eigenvalue weighted by Crippen LogP contribution is -1.98. The summed E-state index contributed by atoms with van der Waals surface area (Å²) in [6, 6.07) is 0. The van der Waals surface area contributed by atoms with Gasteiger partial charge in [-0.05, 0) is 0 Å². The molecule has 2 N–H and O–H groups in total. The summed E-state index contributed by atoms with van der Waals surface area (Å²) in [4.78, 5) is 4.29. The van der Waals surface area contributed by atoms with Crippen molar-refractivity contribution >= 4 is 0 Å². The van der Waals surface area contributed by atoms with Crippen LogP contribution in [0.25, 0.3) is 0 Å². The van der Waals surface area contributed by atoms with Crippen molar-refractivity contribution in [2.24, 2.45) is 5.90 Å². The highest BCUT2D eigenvalue weighted by molar-refractivity contribution is 4.97. The van der Waals surface area contributed by atoms with Crippen molar-refractivity contribution in [2.45, 2.75) is 19.8 Å². The third-order valence-corrected chi connectivity index (χ3v) is 0.647. The number of hydrogen-bond acceptors (Lipinski definition) is 2. The fraction of sp³-hybridized carbons (Fsp3) is 0.667. The molecule has 0 aliphatic carbocycles. The molecule has 0 aliphatic heterocycles. The second-order valence-electron chi connectivity index (χ2n) is 1.33. The molecule has 0 unspecified atom stereocenters. The van der Waals surface area contributed by atoms with Crippen LogP contribution in [-0.2, 0) is 4.84 Å². The Kier molecular flexibility index (Phi) is 6.06. The van der Waals surface area contributed by atoms with E-state index in [2.05, 4.69) is 16.7 Å². The van der Waals surface area contributed by atoms with Crippen LogP contribution in [-0.4, -0.2) is 6.61 Å². The van der Waals surface area contributed by atoms with Gasteiger partial charge >= 0.3 is 0 Å². The van der Waals surface area contributed by atoms with Crippen molar-refractivity contribution in [3.8, 4) is 11.8 Å². The van der Waals surface area contributed by atoms with Crippen LogP contribution in [0.3, 0.4) is 0 Å². The molecule has 2 heteroatoms. The average molecular weight is 113 g/mol. The third kappa shape index (κ3) is 5.48. The molecule has 0 fully saturated rings. The molecule has 0 aromatic carbocycles. The molecule has 0 bridgehead atoms. The first-order valence-corrected chi connectivity index (χ1v) is 2.69. The van der Waals surface area contributed by atoms with Crippen molar-refractivity contribution in [3.05, 3.63) is 0 Å². The maximum absolute atomic E-state index is 4.74. The van der Waals surface area contributed by atoms with Crippen LogP contribution in [0.1, 0.15) is 19.8 Å². The van der Waals surface area contributed by atoms with Crippen LogP contribution in [0, 0.1) is 11.8 Å². The number of rotatable bonds is 2.